The van der Waals surface area contributed by atoms with Crippen LogP contribution >= 0.6 is 0 Å². The first kappa shape index (κ1) is 30.9. The van der Waals surface area contributed by atoms with Crippen LogP contribution in [-0.4, -0.2) is 63.0 Å². The van der Waals surface area contributed by atoms with Crippen molar-refractivity contribution >= 4 is 25.3 Å². The Morgan fingerprint density at radius 3 is 2.39 bits per heavy atom. The van der Waals surface area contributed by atoms with Crippen molar-refractivity contribution in [1.29, 1.82) is 0 Å². The lowest BCUT2D eigenvalue weighted by Gasteiger charge is -2.55. The lowest BCUT2D eigenvalue weighted by Crippen LogP contribution is -2.60. The van der Waals surface area contributed by atoms with E-state index in [-0.39, 0.29) is 22.7 Å². The van der Waals surface area contributed by atoms with Crippen molar-refractivity contribution in [2.24, 2.45) is 0 Å². The van der Waals surface area contributed by atoms with E-state index in [4.69, 9.17) is 24.1 Å². The minimum absolute atomic E-state index is 0.00133. The molecule has 4 heterocycles. The predicted molar refractivity (Wildman–Crippen MR) is 171 cm³/mol. The largest absolute Gasteiger partial charge is 0.434 e. The zero-order chi connectivity index (χ0) is 33.0. The Hall–Kier alpha value is -3.74. The Labute approximate surface area is 267 Å². The molecule has 9 nitrogen and oxygen atoms in total. The Balaban J connectivity index is 1.28. The van der Waals surface area contributed by atoms with E-state index < -0.39 is 32.2 Å². The first-order chi connectivity index (χ1) is 21.5. The van der Waals surface area contributed by atoms with Crippen LogP contribution in [0.15, 0.2) is 48.8 Å². The predicted octanol–water partition coefficient (Wildman–Crippen LogP) is 6.98. The summed E-state index contributed by atoms with van der Waals surface area (Å²) in [6.07, 6.45) is 4.93. The van der Waals surface area contributed by atoms with Gasteiger partial charge in [0, 0.05) is 55.4 Å². The Morgan fingerprint density at radius 2 is 1.76 bits per heavy atom. The number of carbonyl (C=O) groups is 1. The quantitative estimate of drug-likeness (QED) is 0.225. The summed E-state index contributed by atoms with van der Waals surface area (Å²) >= 11 is 0. The van der Waals surface area contributed by atoms with Crippen LogP contribution in [0.1, 0.15) is 86.6 Å². The van der Waals surface area contributed by atoms with Crippen LogP contribution in [0.25, 0.3) is 22.2 Å². The molecule has 46 heavy (non-hydrogen) atoms. The molecule has 3 aliphatic rings. The number of aromatic nitrogens is 4. The fourth-order valence-corrected chi connectivity index (χ4v) is 8.79. The van der Waals surface area contributed by atoms with Crippen LogP contribution in [0, 0.1) is 0 Å². The normalized spacial score (nSPS) is 25.8. The van der Waals surface area contributed by atoms with Gasteiger partial charge in [-0.2, -0.15) is 8.78 Å². The molecule has 2 atom stereocenters. The highest BCUT2D eigenvalue weighted by molar-refractivity contribution is 6.74. The van der Waals surface area contributed by atoms with Gasteiger partial charge < -0.3 is 23.7 Å². The SMILES string of the molecule is CN1C(=O)c2cccc(OC(F)F)c2[C@H]2C[C@H]1c1nc3ccc(-c4cnc(C5(O[Si](C)(C)C(C)(C)C)CC(C)(O)C5)nc4)cc3n12. The van der Waals surface area contributed by atoms with E-state index in [1.165, 1.54) is 6.07 Å². The molecular formula is C34H39F2N5O4Si. The summed E-state index contributed by atoms with van der Waals surface area (Å²) in [4.78, 5) is 29.6. The molecule has 0 unspecified atom stereocenters. The van der Waals surface area contributed by atoms with Gasteiger partial charge in [0.05, 0.1) is 28.7 Å². The number of fused-ring (bicyclic) bond motifs is 9. The summed E-state index contributed by atoms with van der Waals surface area (Å²) in [5, 5.41) is 10.7. The minimum atomic E-state index is -3.02. The molecule has 1 fully saturated rings. The summed E-state index contributed by atoms with van der Waals surface area (Å²) < 4.78 is 40.8. The van der Waals surface area contributed by atoms with Gasteiger partial charge in [0.25, 0.3) is 5.91 Å². The van der Waals surface area contributed by atoms with E-state index in [1.54, 1.807) is 36.5 Å². The molecule has 2 aromatic heterocycles. The highest BCUT2D eigenvalue weighted by Crippen LogP contribution is 2.54. The van der Waals surface area contributed by atoms with Crippen molar-refractivity contribution in [1.82, 2.24) is 24.4 Å². The molecule has 1 N–H and O–H groups in total. The van der Waals surface area contributed by atoms with Crippen molar-refractivity contribution in [2.75, 3.05) is 7.05 Å². The van der Waals surface area contributed by atoms with Crippen molar-refractivity contribution in [3.8, 4) is 16.9 Å². The van der Waals surface area contributed by atoms with E-state index in [0.717, 1.165) is 22.2 Å². The molecule has 0 radical (unpaired) electrons. The number of alkyl halides is 2. The van der Waals surface area contributed by atoms with Gasteiger partial charge in [-0.05, 0) is 54.9 Å². The zero-order valence-corrected chi connectivity index (χ0v) is 28.1. The highest BCUT2D eigenvalue weighted by atomic mass is 28.4. The molecule has 2 bridgehead atoms. The molecule has 2 aromatic carbocycles. The van der Waals surface area contributed by atoms with Gasteiger partial charge in [-0.25, -0.2) is 15.0 Å². The molecule has 242 valence electrons. The van der Waals surface area contributed by atoms with Crippen molar-refractivity contribution < 1.29 is 27.8 Å². The standard InChI is InChI=1S/C34H39F2N5O4Si/c1-32(2,3)46(6,7)45-34(17-33(4,43)18-34)30-37-15-20(16-38-30)19-11-12-22-23(13-19)41-24-14-25(28(41)39-22)40(5)29(42)21-9-8-10-26(27(21)24)44-31(35)36/h8-13,15-16,24-25,31,43H,14,17-18H2,1-7H3/t24-,25+,33?,34?/m1/s1. The van der Waals surface area contributed by atoms with Crippen LogP contribution in [0.5, 0.6) is 5.75 Å². The fraction of sp³-hybridized carbons (Fsp3) is 0.471. The Kier molecular flexibility index (Phi) is 6.80. The Bertz CT molecular complexity index is 1860. The fourth-order valence-electron chi connectivity index (χ4n) is 7.27. The molecule has 1 aliphatic carbocycles. The number of amides is 1. The molecule has 0 saturated heterocycles. The number of hydrogen-bond acceptors (Lipinski definition) is 7. The number of hydrogen-bond donors (Lipinski definition) is 1. The van der Waals surface area contributed by atoms with E-state index in [0.29, 0.717) is 42.0 Å². The summed E-state index contributed by atoms with van der Waals surface area (Å²) in [5.41, 5.74) is 2.42. The number of rotatable bonds is 6. The first-order valence-electron chi connectivity index (χ1n) is 15.6. The number of halogens is 2. The number of ether oxygens (including phenoxy) is 1. The zero-order valence-electron chi connectivity index (χ0n) is 27.1. The van der Waals surface area contributed by atoms with Gasteiger partial charge in [0.15, 0.2) is 14.1 Å². The van der Waals surface area contributed by atoms with E-state index in [9.17, 15) is 18.7 Å². The van der Waals surface area contributed by atoms with Crippen molar-refractivity contribution in [3.05, 3.63) is 71.6 Å². The van der Waals surface area contributed by atoms with Crippen LogP contribution in [0.4, 0.5) is 8.78 Å². The maximum absolute atomic E-state index is 13.5. The summed E-state index contributed by atoms with van der Waals surface area (Å²) in [7, 11) is -0.479. The average molecular weight is 648 g/mol. The smallest absolute Gasteiger partial charge is 0.387 e. The summed E-state index contributed by atoms with van der Waals surface area (Å²) in [6.45, 7) is 9.75. The second-order valence-electron chi connectivity index (χ2n) is 14.8. The van der Waals surface area contributed by atoms with Crippen molar-refractivity contribution in [3.63, 3.8) is 0 Å². The number of nitrogens with zero attached hydrogens (tertiary/aromatic N) is 5. The lowest BCUT2D eigenvalue weighted by molar-refractivity contribution is -0.171. The van der Waals surface area contributed by atoms with Gasteiger partial charge in [-0.1, -0.05) is 32.9 Å². The highest BCUT2D eigenvalue weighted by Gasteiger charge is 2.58. The lowest BCUT2D eigenvalue weighted by atomic mass is 9.68. The van der Waals surface area contributed by atoms with Gasteiger partial charge in [0.1, 0.15) is 17.2 Å². The van der Waals surface area contributed by atoms with Gasteiger partial charge in [0.2, 0.25) is 0 Å². The van der Waals surface area contributed by atoms with Crippen LogP contribution in [0.3, 0.4) is 0 Å². The number of benzene rings is 2. The van der Waals surface area contributed by atoms with Crippen LogP contribution < -0.4 is 4.74 Å². The molecule has 4 aromatic rings. The molecule has 7 rings (SSSR count). The van der Waals surface area contributed by atoms with E-state index >= 15 is 0 Å². The van der Waals surface area contributed by atoms with Crippen molar-refractivity contribution in [2.45, 2.75) is 95.0 Å². The topological polar surface area (TPSA) is 103 Å². The molecule has 2 aliphatic heterocycles. The molecule has 1 amide bonds. The molecular weight excluding hydrogens is 608 g/mol. The van der Waals surface area contributed by atoms with Crippen LogP contribution in [0.2, 0.25) is 18.1 Å². The average Bonchev–Trinajstić information content (AvgIpc) is 3.48. The Morgan fingerprint density at radius 1 is 1.07 bits per heavy atom. The number of imidazole rings is 1. The monoisotopic (exact) mass is 647 g/mol. The third-order valence-corrected chi connectivity index (χ3v) is 14.9. The molecule has 1 saturated carbocycles. The third kappa shape index (κ3) is 4.75. The number of carbonyl (C=O) groups excluding carboxylic acids is 1. The van der Waals surface area contributed by atoms with E-state index in [2.05, 4.69) is 38.4 Å². The van der Waals surface area contributed by atoms with Gasteiger partial charge >= 0.3 is 6.61 Å². The number of aliphatic hydroxyl groups is 1. The minimum Gasteiger partial charge on any atom is -0.434 e. The maximum atomic E-state index is 13.5. The second kappa shape index (κ2) is 10.1. The van der Waals surface area contributed by atoms with E-state index in [1.807, 2.05) is 25.1 Å². The maximum Gasteiger partial charge on any atom is 0.387 e. The van der Waals surface area contributed by atoms with Crippen LogP contribution in [-0.2, 0) is 10.0 Å². The molecule has 0 spiro atoms. The first-order valence-corrected chi connectivity index (χ1v) is 18.5. The summed E-state index contributed by atoms with van der Waals surface area (Å²) in [6, 6.07) is 9.87. The second-order valence-corrected chi connectivity index (χ2v) is 19.5. The summed E-state index contributed by atoms with van der Waals surface area (Å²) in [5.74, 6) is 1.03. The van der Waals surface area contributed by atoms with Gasteiger partial charge in [-0.15, -0.1) is 0 Å². The third-order valence-electron chi connectivity index (χ3n) is 10.4. The van der Waals surface area contributed by atoms with Gasteiger partial charge in [-0.3, -0.25) is 4.79 Å². The molecule has 12 heteroatoms.